The van der Waals surface area contributed by atoms with Gasteiger partial charge in [-0.3, -0.25) is 19.3 Å². The summed E-state index contributed by atoms with van der Waals surface area (Å²) in [6.45, 7) is 4.93. The molecule has 1 aliphatic rings. The lowest BCUT2D eigenvalue weighted by Crippen LogP contribution is -2.52. The molecule has 0 fully saturated rings. The van der Waals surface area contributed by atoms with Crippen molar-refractivity contribution < 1.29 is 18.8 Å². The van der Waals surface area contributed by atoms with Crippen LogP contribution in [-0.4, -0.2) is 41.2 Å². The molecular weight excluding hydrogens is 421 g/mol. The molecule has 1 aliphatic heterocycles. The van der Waals surface area contributed by atoms with E-state index in [0.717, 1.165) is 10.8 Å². The Morgan fingerprint density at radius 2 is 1.70 bits per heavy atom. The average molecular weight is 448 g/mol. The van der Waals surface area contributed by atoms with E-state index in [1.54, 1.807) is 37.3 Å². The third kappa shape index (κ3) is 4.31. The van der Waals surface area contributed by atoms with Crippen LogP contribution in [0.2, 0.25) is 0 Å². The Kier molecular flexibility index (Phi) is 6.14. The van der Waals surface area contributed by atoms with Gasteiger partial charge in [-0.15, -0.1) is 0 Å². The Bertz CT molecular complexity index is 1240. The minimum Gasteiger partial charge on any atom is -0.352 e. The molecule has 0 bridgehead atoms. The normalized spacial score (nSPS) is 13.5. The van der Waals surface area contributed by atoms with Crippen LogP contribution in [0.1, 0.15) is 36.7 Å². The third-order valence-electron chi connectivity index (χ3n) is 5.84. The van der Waals surface area contributed by atoms with Crippen molar-refractivity contribution >= 4 is 34.2 Å². The van der Waals surface area contributed by atoms with E-state index in [9.17, 15) is 18.8 Å². The van der Waals surface area contributed by atoms with Crippen LogP contribution in [-0.2, 0) is 16.1 Å². The highest BCUT2D eigenvalue weighted by atomic mass is 19.1. The number of hydrogen-bond donors (Lipinski definition) is 1. The molecule has 0 saturated heterocycles. The van der Waals surface area contributed by atoms with Crippen molar-refractivity contribution in [2.45, 2.75) is 39.4 Å². The lowest BCUT2D eigenvalue weighted by Gasteiger charge is -2.31. The molecule has 4 rings (SSSR count). The van der Waals surface area contributed by atoms with Crippen molar-refractivity contribution in [3.8, 4) is 0 Å². The van der Waals surface area contributed by atoms with E-state index in [1.165, 1.54) is 15.9 Å². The van der Waals surface area contributed by atoms with Gasteiger partial charge in [-0.25, -0.2) is 4.39 Å². The fraction of sp³-hybridized carbons (Fsp3) is 0.269. The van der Waals surface area contributed by atoms with Gasteiger partial charge in [0.2, 0.25) is 11.8 Å². The highest BCUT2D eigenvalue weighted by molar-refractivity contribution is 6.26. The van der Waals surface area contributed by atoms with Crippen molar-refractivity contribution in [3.63, 3.8) is 0 Å². The molecule has 33 heavy (non-hydrogen) atoms. The van der Waals surface area contributed by atoms with Crippen molar-refractivity contribution in [1.29, 1.82) is 0 Å². The van der Waals surface area contributed by atoms with E-state index in [4.69, 9.17) is 0 Å². The number of carbonyl (C=O) groups is 3. The summed E-state index contributed by atoms with van der Waals surface area (Å²) in [6.07, 6.45) is 0. The number of hydrogen-bond acceptors (Lipinski definition) is 3. The van der Waals surface area contributed by atoms with Crippen LogP contribution < -0.4 is 10.2 Å². The summed E-state index contributed by atoms with van der Waals surface area (Å²) in [5.41, 5.74) is 1.50. The van der Waals surface area contributed by atoms with Gasteiger partial charge in [-0.1, -0.05) is 42.5 Å². The summed E-state index contributed by atoms with van der Waals surface area (Å²) in [7, 11) is 0. The standard InChI is InChI=1S/C26H26FN3O3/c1-16(2)28-25(32)17(3)29(14-19-8-4-5-12-21(19)27)23(31)15-30-22-13-7-10-18-9-6-11-20(24(18)22)26(30)33/h4-13,16-17H,14-15H2,1-3H3,(H,28,32)/t17-/m1/s1. The minimum atomic E-state index is -0.852. The summed E-state index contributed by atoms with van der Waals surface area (Å²) in [5.74, 6) is -1.50. The SMILES string of the molecule is CC(C)NC(=O)[C@@H](C)N(Cc1ccccc1F)C(=O)CN1C(=O)c2cccc3cccc1c23. The van der Waals surface area contributed by atoms with Gasteiger partial charge in [0.1, 0.15) is 18.4 Å². The minimum absolute atomic E-state index is 0.0859. The van der Waals surface area contributed by atoms with Crippen LogP contribution in [0.4, 0.5) is 10.1 Å². The molecule has 0 spiro atoms. The van der Waals surface area contributed by atoms with E-state index in [1.807, 2.05) is 38.1 Å². The predicted molar refractivity (Wildman–Crippen MR) is 125 cm³/mol. The second kappa shape index (κ2) is 9.02. The number of rotatable bonds is 7. The number of amides is 3. The van der Waals surface area contributed by atoms with Crippen molar-refractivity contribution in [1.82, 2.24) is 10.2 Å². The maximum Gasteiger partial charge on any atom is 0.259 e. The fourth-order valence-electron chi connectivity index (χ4n) is 4.16. The Morgan fingerprint density at radius 1 is 1.00 bits per heavy atom. The first kappa shape index (κ1) is 22.5. The Morgan fingerprint density at radius 3 is 2.39 bits per heavy atom. The van der Waals surface area contributed by atoms with E-state index in [-0.39, 0.29) is 30.9 Å². The fourth-order valence-corrected chi connectivity index (χ4v) is 4.16. The van der Waals surface area contributed by atoms with Crippen LogP contribution in [0.5, 0.6) is 0 Å². The van der Waals surface area contributed by atoms with Gasteiger partial charge in [0.15, 0.2) is 0 Å². The predicted octanol–water partition coefficient (Wildman–Crippen LogP) is 3.88. The van der Waals surface area contributed by atoms with Gasteiger partial charge in [0, 0.05) is 29.1 Å². The maximum absolute atomic E-state index is 14.4. The quantitative estimate of drug-likeness (QED) is 0.598. The zero-order valence-electron chi connectivity index (χ0n) is 18.8. The highest BCUT2D eigenvalue weighted by Gasteiger charge is 2.34. The van der Waals surface area contributed by atoms with Gasteiger partial charge in [-0.05, 0) is 44.4 Å². The molecule has 0 aliphatic carbocycles. The van der Waals surface area contributed by atoms with Crippen molar-refractivity contribution in [3.05, 3.63) is 77.6 Å². The van der Waals surface area contributed by atoms with Crippen LogP contribution in [0.15, 0.2) is 60.7 Å². The molecule has 0 radical (unpaired) electrons. The molecule has 3 amide bonds. The number of anilines is 1. The zero-order chi connectivity index (χ0) is 23.7. The number of nitrogens with zero attached hydrogens (tertiary/aromatic N) is 2. The lowest BCUT2D eigenvalue weighted by atomic mass is 10.1. The molecule has 3 aromatic rings. The molecule has 1 heterocycles. The molecule has 170 valence electrons. The van der Waals surface area contributed by atoms with Crippen molar-refractivity contribution in [2.24, 2.45) is 0 Å². The molecule has 0 saturated carbocycles. The largest absolute Gasteiger partial charge is 0.352 e. The van der Waals surface area contributed by atoms with Crippen LogP contribution >= 0.6 is 0 Å². The lowest BCUT2D eigenvalue weighted by molar-refractivity contribution is -0.139. The highest BCUT2D eigenvalue weighted by Crippen LogP contribution is 2.37. The summed E-state index contributed by atoms with van der Waals surface area (Å²) >= 11 is 0. The van der Waals surface area contributed by atoms with Gasteiger partial charge >= 0.3 is 0 Å². The van der Waals surface area contributed by atoms with Crippen LogP contribution in [0.3, 0.4) is 0 Å². The topological polar surface area (TPSA) is 69.7 Å². The van der Waals surface area contributed by atoms with E-state index < -0.39 is 17.8 Å². The number of halogens is 1. The number of nitrogens with one attached hydrogen (secondary N) is 1. The third-order valence-corrected chi connectivity index (χ3v) is 5.84. The second-order valence-corrected chi connectivity index (χ2v) is 8.52. The van der Waals surface area contributed by atoms with Crippen LogP contribution in [0, 0.1) is 5.82 Å². The molecule has 7 heteroatoms. The maximum atomic E-state index is 14.4. The molecule has 0 unspecified atom stereocenters. The number of carbonyl (C=O) groups excluding carboxylic acids is 3. The Hall–Kier alpha value is -3.74. The van der Waals surface area contributed by atoms with Gasteiger partial charge < -0.3 is 10.2 Å². The first-order chi connectivity index (χ1) is 15.8. The van der Waals surface area contributed by atoms with Crippen molar-refractivity contribution in [2.75, 3.05) is 11.4 Å². The molecule has 0 aromatic heterocycles. The first-order valence-electron chi connectivity index (χ1n) is 10.9. The van der Waals surface area contributed by atoms with E-state index >= 15 is 0 Å². The zero-order valence-corrected chi connectivity index (χ0v) is 18.8. The smallest absolute Gasteiger partial charge is 0.259 e. The average Bonchev–Trinajstić information content (AvgIpc) is 3.05. The Balaban J connectivity index is 1.64. The summed E-state index contributed by atoms with van der Waals surface area (Å²) in [6, 6.07) is 16.2. The van der Waals surface area contributed by atoms with E-state index in [0.29, 0.717) is 16.8 Å². The van der Waals surface area contributed by atoms with Gasteiger partial charge in [0.05, 0.1) is 5.69 Å². The molecular formula is C26H26FN3O3. The summed E-state index contributed by atoms with van der Waals surface area (Å²) in [4.78, 5) is 42.1. The number of benzene rings is 3. The monoisotopic (exact) mass is 447 g/mol. The Labute approximate surface area is 192 Å². The van der Waals surface area contributed by atoms with Gasteiger partial charge in [0.25, 0.3) is 5.91 Å². The van der Waals surface area contributed by atoms with E-state index in [2.05, 4.69) is 5.32 Å². The van der Waals surface area contributed by atoms with Crippen LogP contribution in [0.25, 0.3) is 10.8 Å². The first-order valence-corrected chi connectivity index (χ1v) is 10.9. The molecule has 3 aromatic carbocycles. The molecule has 1 N–H and O–H groups in total. The summed E-state index contributed by atoms with van der Waals surface area (Å²) in [5, 5.41) is 4.53. The molecule has 6 nitrogen and oxygen atoms in total. The molecule has 1 atom stereocenters. The summed E-state index contributed by atoms with van der Waals surface area (Å²) < 4.78 is 14.4. The van der Waals surface area contributed by atoms with Gasteiger partial charge in [-0.2, -0.15) is 0 Å². The second-order valence-electron chi connectivity index (χ2n) is 8.52.